The van der Waals surface area contributed by atoms with Crippen LogP contribution >= 0.6 is 11.6 Å². The molecule has 52 heavy (non-hydrogen) atoms. The number of allylic oxidation sites excluding steroid dienone is 16. The number of fused-ring (bicyclic) bond motifs is 8. The fourth-order valence-electron chi connectivity index (χ4n) is 11.1. The summed E-state index contributed by atoms with van der Waals surface area (Å²) in [5.74, 6) is 0.460. The molecular weight excluding hydrogens is 774 g/mol. The van der Waals surface area contributed by atoms with Gasteiger partial charge in [-0.05, 0) is 28.6 Å². The van der Waals surface area contributed by atoms with Crippen molar-refractivity contribution < 1.29 is 49.0 Å². The molecular formula is C48H53Cl3Zr-2. The molecule has 8 atom stereocenters. The summed E-state index contributed by atoms with van der Waals surface area (Å²) in [5, 5.41) is 0.788. The third-order valence-corrected chi connectivity index (χ3v) is 16.8. The van der Waals surface area contributed by atoms with E-state index in [1.165, 1.54) is 49.7 Å². The topological polar surface area (TPSA) is 0 Å². The van der Waals surface area contributed by atoms with Gasteiger partial charge in [-0.3, -0.25) is 6.08 Å². The second kappa shape index (κ2) is 15.3. The van der Waals surface area contributed by atoms with Crippen LogP contribution in [0.5, 0.6) is 0 Å². The Balaban J connectivity index is 0.000000221. The molecule has 0 saturated heterocycles. The second-order valence-electron chi connectivity index (χ2n) is 16.5. The quantitative estimate of drug-likeness (QED) is 0.295. The summed E-state index contributed by atoms with van der Waals surface area (Å²) < 4.78 is 1.36. The minimum Gasteiger partial charge on any atom is -1.00 e. The molecule has 6 aliphatic rings. The van der Waals surface area contributed by atoms with E-state index >= 15 is 0 Å². The molecule has 2 fully saturated rings. The van der Waals surface area contributed by atoms with Gasteiger partial charge in [-0.1, -0.05) is 115 Å². The molecule has 0 N–H and O–H groups in total. The summed E-state index contributed by atoms with van der Waals surface area (Å²) in [6, 6.07) is 16.7. The smallest absolute Gasteiger partial charge is 0.109 e. The van der Waals surface area contributed by atoms with Crippen LogP contribution in [-0.4, -0.2) is 3.21 Å². The van der Waals surface area contributed by atoms with E-state index in [4.69, 9.17) is 11.6 Å². The van der Waals surface area contributed by atoms with Crippen molar-refractivity contribution in [1.29, 1.82) is 0 Å². The average molecular weight is 828 g/mol. The van der Waals surface area contributed by atoms with Gasteiger partial charge in [-0.15, -0.1) is 23.8 Å². The number of halogens is 3. The van der Waals surface area contributed by atoms with E-state index in [1.54, 1.807) is 0 Å². The molecule has 6 aliphatic carbocycles. The molecule has 0 aliphatic heterocycles. The van der Waals surface area contributed by atoms with Crippen LogP contribution in [0.15, 0.2) is 139 Å². The van der Waals surface area contributed by atoms with Crippen molar-refractivity contribution in [3.05, 3.63) is 173 Å². The fourth-order valence-corrected chi connectivity index (χ4v) is 12.0. The molecule has 2 aromatic rings. The monoisotopic (exact) mass is 824 g/mol. The molecule has 0 spiro atoms. The summed E-state index contributed by atoms with van der Waals surface area (Å²) in [5.41, 5.74) is 5.58. The van der Waals surface area contributed by atoms with Gasteiger partial charge >= 0.3 is 116 Å². The van der Waals surface area contributed by atoms with Crippen LogP contribution in [0.4, 0.5) is 0 Å². The Morgan fingerprint density at radius 3 is 1.69 bits per heavy atom. The van der Waals surface area contributed by atoms with Gasteiger partial charge in [0, 0.05) is 10.8 Å². The number of rotatable bonds is 2. The Hall–Kier alpha value is -2.02. The van der Waals surface area contributed by atoms with E-state index in [9.17, 15) is 0 Å². The molecule has 8 rings (SSSR count). The summed E-state index contributed by atoms with van der Waals surface area (Å²) in [4.78, 5) is 0. The number of hydrogen-bond donors (Lipinski definition) is 0. The average Bonchev–Trinajstić information content (AvgIpc) is 3.75. The number of hydrogen-bond acceptors (Lipinski definition) is 0. The standard InChI is InChI=1S/C29H37.C14H11Cl.C5H5.2ClH.Zr/c1-21-14-13-15-22-20-27(6)25(4)18-10-9-16-23(25,2)24(3)17-11-12-19-26(24,5)29(27,8)28(21,22)7;1-11-2-4-12(5-3-11)10-13-6-8-14(15)9-7-13;1-2-4-5-3-1;;;/h9-20,22H,1-8H3;2-9H,1H3;1-3H,4H2;2*1H;/q-1;;-1;;;+2/p-2. The molecule has 0 aromatic heterocycles. The largest absolute Gasteiger partial charge is 1.00 e. The Morgan fingerprint density at radius 1 is 0.692 bits per heavy atom. The molecule has 2 aromatic carbocycles. The first-order valence-corrected chi connectivity index (χ1v) is 19.8. The van der Waals surface area contributed by atoms with Gasteiger partial charge in [0.15, 0.2) is 0 Å². The van der Waals surface area contributed by atoms with Crippen LogP contribution in [0.2, 0.25) is 5.02 Å². The van der Waals surface area contributed by atoms with Crippen molar-refractivity contribution >= 4 is 14.8 Å². The van der Waals surface area contributed by atoms with Crippen molar-refractivity contribution in [2.75, 3.05) is 0 Å². The zero-order valence-electron chi connectivity index (χ0n) is 32.2. The maximum Gasteiger partial charge on any atom is -0.109 e. The first-order chi connectivity index (χ1) is 23.6. The predicted molar refractivity (Wildman–Crippen MR) is 211 cm³/mol. The summed E-state index contributed by atoms with van der Waals surface area (Å²) in [6.07, 6.45) is 39.3. The zero-order chi connectivity index (χ0) is 36.2. The third-order valence-electron chi connectivity index (χ3n) is 15.1. The molecule has 272 valence electrons. The molecule has 4 heteroatoms. The van der Waals surface area contributed by atoms with Crippen molar-refractivity contribution in [2.24, 2.45) is 43.8 Å². The summed E-state index contributed by atoms with van der Waals surface area (Å²) in [6.45, 7) is 22.4. The zero-order valence-corrected chi connectivity index (χ0v) is 36.9. The van der Waals surface area contributed by atoms with E-state index in [-0.39, 0.29) is 62.7 Å². The van der Waals surface area contributed by atoms with Crippen molar-refractivity contribution in [3.63, 3.8) is 0 Å². The Labute approximate surface area is 347 Å². The SMILES string of the molecule is CC1=CC=CC2[CH-]C3(C)C4(C)C=CC=CC4(C)C4(C)C=CC=CC4(C)C3(C)C12C.Cc1ccc([C](=[Zr+2])c2ccc(Cl)cc2)cc1.[C-]1=CC=CC1.[Cl-].[Cl-]. The first-order valence-electron chi connectivity index (χ1n) is 18.2. The maximum absolute atomic E-state index is 5.88. The van der Waals surface area contributed by atoms with Crippen LogP contribution in [0, 0.1) is 63.2 Å². The van der Waals surface area contributed by atoms with Crippen molar-refractivity contribution in [1.82, 2.24) is 0 Å². The van der Waals surface area contributed by atoms with Gasteiger partial charge in [-0.25, -0.2) is 12.2 Å². The van der Waals surface area contributed by atoms with Crippen molar-refractivity contribution in [2.45, 2.75) is 68.7 Å². The minimum absolute atomic E-state index is 0. The molecule has 0 amide bonds. The van der Waals surface area contributed by atoms with Crippen LogP contribution in [0.3, 0.4) is 0 Å². The fraction of sp³-hybridized carbons (Fsp3) is 0.375. The second-order valence-corrected chi connectivity index (χ2v) is 18.1. The van der Waals surface area contributed by atoms with Crippen LogP contribution < -0.4 is 24.8 Å². The Kier molecular flexibility index (Phi) is 12.5. The van der Waals surface area contributed by atoms with Gasteiger partial charge < -0.3 is 31.2 Å². The molecule has 0 radical (unpaired) electrons. The minimum atomic E-state index is 0. The Bertz CT molecular complexity index is 1850. The van der Waals surface area contributed by atoms with E-state index in [2.05, 4.69) is 184 Å². The molecule has 2 saturated carbocycles. The van der Waals surface area contributed by atoms with Crippen LogP contribution in [0.1, 0.15) is 78.5 Å². The van der Waals surface area contributed by atoms with E-state index in [0.717, 1.165) is 11.4 Å². The van der Waals surface area contributed by atoms with E-state index < -0.39 is 0 Å². The van der Waals surface area contributed by atoms with Crippen LogP contribution in [0.25, 0.3) is 0 Å². The van der Waals surface area contributed by atoms with Crippen LogP contribution in [-0.2, 0) is 24.2 Å². The maximum atomic E-state index is 5.88. The van der Waals surface area contributed by atoms with E-state index in [1.807, 2.05) is 24.3 Å². The summed E-state index contributed by atoms with van der Waals surface area (Å²) >= 11 is 7.30. The molecule has 8 unspecified atom stereocenters. The molecule has 0 heterocycles. The van der Waals surface area contributed by atoms with Gasteiger partial charge in [-0.2, -0.15) is 6.08 Å². The normalized spacial score (nSPS) is 37.8. The van der Waals surface area contributed by atoms with Gasteiger partial charge in [0.05, 0.1) is 0 Å². The summed E-state index contributed by atoms with van der Waals surface area (Å²) in [7, 11) is 0. The number of aryl methyl sites for hydroxylation is 1. The third kappa shape index (κ3) is 5.81. The van der Waals surface area contributed by atoms with Gasteiger partial charge in [0.1, 0.15) is 0 Å². The molecule has 0 nitrogen and oxygen atoms in total. The first kappa shape index (κ1) is 42.7. The molecule has 0 bridgehead atoms. The van der Waals surface area contributed by atoms with E-state index in [0.29, 0.717) is 5.92 Å². The van der Waals surface area contributed by atoms with Gasteiger partial charge in [0.2, 0.25) is 0 Å². The Morgan fingerprint density at radius 2 is 1.19 bits per heavy atom. The van der Waals surface area contributed by atoms with Crippen molar-refractivity contribution in [3.8, 4) is 0 Å². The van der Waals surface area contributed by atoms with Gasteiger partial charge in [0.25, 0.3) is 0 Å². The predicted octanol–water partition coefficient (Wildman–Crippen LogP) is 6.72. The number of benzene rings is 2.